The van der Waals surface area contributed by atoms with Gasteiger partial charge < -0.3 is 30.3 Å². The van der Waals surface area contributed by atoms with Crippen molar-refractivity contribution in [1.82, 2.24) is 10.3 Å². The number of anilines is 1. The van der Waals surface area contributed by atoms with E-state index in [-0.39, 0.29) is 17.6 Å². The second-order valence-corrected chi connectivity index (χ2v) is 8.88. The third kappa shape index (κ3) is 4.82. The van der Waals surface area contributed by atoms with E-state index in [2.05, 4.69) is 20.6 Å². The van der Waals surface area contributed by atoms with E-state index in [1.807, 2.05) is 12.1 Å². The summed E-state index contributed by atoms with van der Waals surface area (Å²) in [6, 6.07) is 8.47. The molecular formula is C22H26N4O5S. The highest BCUT2D eigenvalue weighted by molar-refractivity contribution is 8.15. The summed E-state index contributed by atoms with van der Waals surface area (Å²) in [6.07, 6.45) is 1.48. The molecule has 1 saturated carbocycles. The van der Waals surface area contributed by atoms with Crippen LogP contribution in [0.15, 0.2) is 47.7 Å². The summed E-state index contributed by atoms with van der Waals surface area (Å²) in [7, 11) is 3.14. The van der Waals surface area contributed by atoms with Gasteiger partial charge >= 0.3 is 0 Å². The maximum atomic E-state index is 13.0. The molecule has 4 rings (SSSR count). The number of fused-ring (bicyclic) bond motifs is 1. The SMILES string of the molecule is COc1cc(NC2=N[C@@H]3[C@@H](O)[C@H](O)C[C@H](C(=O)NCc4cccnc4)[C@H]3S2)cc(OC)c1. The zero-order valence-electron chi connectivity index (χ0n) is 17.8. The van der Waals surface area contributed by atoms with Crippen molar-refractivity contribution in [2.24, 2.45) is 10.9 Å². The Bertz CT molecular complexity index is 967. The number of amides is 1. The smallest absolute Gasteiger partial charge is 0.224 e. The Hall–Kier alpha value is -2.82. The number of aliphatic imine (C=N–C) groups is 1. The minimum atomic E-state index is -1.03. The summed E-state index contributed by atoms with van der Waals surface area (Å²) in [5.41, 5.74) is 1.59. The summed E-state index contributed by atoms with van der Waals surface area (Å²) in [6.45, 7) is 0.347. The fourth-order valence-electron chi connectivity index (χ4n) is 3.93. The van der Waals surface area contributed by atoms with Crippen LogP contribution >= 0.6 is 11.8 Å². The molecule has 1 aromatic heterocycles. The predicted octanol–water partition coefficient (Wildman–Crippen LogP) is 1.41. The zero-order valence-corrected chi connectivity index (χ0v) is 18.6. The molecular weight excluding hydrogens is 432 g/mol. The van der Waals surface area contributed by atoms with Crippen molar-refractivity contribution in [1.29, 1.82) is 0 Å². The van der Waals surface area contributed by atoms with Crippen LogP contribution in [0, 0.1) is 5.92 Å². The number of aromatic nitrogens is 1. The third-order valence-corrected chi connectivity index (χ3v) is 6.93. The van der Waals surface area contributed by atoms with E-state index < -0.39 is 24.2 Å². The quantitative estimate of drug-likeness (QED) is 0.512. The van der Waals surface area contributed by atoms with Gasteiger partial charge in [-0.1, -0.05) is 17.8 Å². The highest BCUT2D eigenvalue weighted by atomic mass is 32.2. The van der Waals surface area contributed by atoms with Crippen LogP contribution in [0.2, 0.25) is 0 Å². The number of thioether (sulfide) groups is 1. The number of carbonyl (C=O) groups excluding carboxylic acids is 1. The van der Waals surface area contributed by atoms with Crippen LogP contribution in [0.1, 0.15) is 12.0 Å². The van der Waals surface area contributed by atoms with Gasteiger partial charge in [0.2, 0.25) is 5.91 Å². The van der Waals surface area contributed by atoms with E-state index in [1.54, 1.807) is 44.8 Å². The van der Waals surface area contributed by atoms with Gasteiger partial charge in [0.15, 0.2) is 5.17 Å². The molecule has 1 aromatic carbocycles. The van der Waals surface area contributed by atoms with Gasteiger partial charge in [0.05, 0.1) is 32.3 Å². The van der Waals surface area contributed by atoms with E-state index in [0.717, 1.165) is 5.56 Å². The standard InChI is InChI=1S/C22H26N4O5S/c1-30-14-6-13(7-15(8-14)31-2)25-22-26-18-19(28)17(27)9-16(20(18)32-22)21(29)24-11-12-4-3-5-23-10-12/h3-8,10,16-20,27-28H,9,11H2,1-2H3,(H,24,29)(H,25,26)/t16-,17+,18+,19-,20+/m0/s1. The molecule has 0 radical (unpaired) electrons. The maximum absolute atomic E-state index is 13.0. The first-order valence-corrected chi connectivity index (χ1v) is 11.1. The van der Waals surface area contributed by atoms with E-state index in [9.17, 15) is 15.0 Å². The lowest BCUT2D eigenvalue weighted by Crippen LogP contribution is -2.53. The molecule has 2 heterocycles. The Morgan fingerprint density at radius 1 is 1.22 bits per heavy atom. The molecule has 0 bridgehead atoms. The molecule has 9 nitrogen and oxygen atoms in total. The van der Waals surface area contributed by atoms with Crippen molar-refractivity contribution >= 4 is 28.5 Å². The summed E-state index contributed by atoms with van der Waals surface area (Å²) in [5.74, 6) is 0.566. The number of amidine groups is 1. The van der Waals surface area contributed by atoms with Crippen LogP contribution < -0.4 is 20.1 Å². The van der Waals surface area contributed by atoms with Crippen molar-refractivity contribution in [3.8, 4) is 11.5 Å². The predicted molar refractivity (Wildman–Crippen MR) is 122 cm³/mol. The molecule has 5 atom stereocenters. The zero-order chi connectivity index (χ0) is 22.7. The number of pyridine rings is 1. The van der Waals surface area contributed by atoms with E-state index >= 15 is 0 Å². The maximum Gasteiger partial charge on any atom is 0.224 e. The molecule has 4 N–H and O–H groups in total. The highest BCUT2D eigenvalue weighted by Crippen LogP contribution is 2.42. The van der Waals surface area contributed by atoms with Crippen molar-refractivity contribution < 1.29 is 24.5 Å². The number of ether oxygens (including phenoxy) is 2. The molecule has 0 spiro atoms. The molecule has 0 saturated heterocycles. The van der Waals surface area contributed by atoms with Gasteiger partial charge in [-0.3, -0.25) is 14.8 Å². The van der Waals surface area contributed by atoms with E-state index in [4.69, 9.17) is 9.47 Å². The van der Waals surface area contributed by atoms with Crippen molar-refractivity contribution in [2.45, 2.75) is 36.5 Å². The largest absolute Gasteiger partial charge is 0.497 e. The molecule has 2 aliphatic rings. The van der Waals surface area contributed by atoms with Gasteiger partial charge in [-0.15, -0.1) is 0 Å². The van der Waals surface area contributed by atoms with Crippen molar-refractivity contribution in [3.05, 3.63) is 48.3 Å². The Kier molecular flexibility index (Phi) is 6.83. The lowest BCUT2D eigenvalue weighted by molar-refractivity contribution is -0.129. The second kappa shape index (κ2) is 9.76. The fourth-order valence-corrected chi connectivity index (χ4v) is 5.31. The minimum absolute atomic E-state index is 0.171. The first-order valence-electron chi connectivity index (χ1n) is 10.3. The van der Waals surface area contributed by atoms with Crippen molar-refractivity contribution in [3.63, 3.8) is 0 Å². The lowest BCUT2D eigenvalue weighted by atomic mass is 9.81. The number of aliphatic hydroxyl groups excluding tert-OH is 2. The molecule has 2 aromatic rings. The molecule has 1 amide bonds. The Balaban J connectivity index is 1.47. The fraction of sp³-hybridized carbons (Fsp3) is 0.409. The van der Waals surface area contributed by atoms with Gasteiger partial charge in [-0.2, -0.15) is 0 Å². The van der Waals surface area contributed by atoms with E-state index in [1.165, 1.54) is 11.8 Å². The minimum Gasteiger partial charge on any atom is -0.497 e. The average Bonchev–Trinajstić information content (AvgIpc) is 3.24. The summed E-state index contributed by atoms with van der Waals surface area (Å²) in [4.78, 5) is 21.6. The van der Waals surface area contributed by atoms with Crippen LogP contribution in [0.4, 0.5) is 5.69 Å². The third-order valence-electron chi connectivity index (χ3n) is 5.62. The molecule has 1 aliphatic heterocycles. The number of nitrogens with one attached hydrogen (secondary N) is 2. The first-order chi connectivity index (χ1) is 15.5. The molecule has 0 unspecified atom stereocenters. The van der Waals surface area contributed by atoms with Crippen LogP contribution in [0.25, 0.3) is 0 Å². The molecule has 32 heavy (non-hydrogen) atoms. The van der Waals surface area contributed by atoms with Gasteiger partial charge in [-0.25, -0.2) is 0 Å². The monoisotopic (exact) mass is 458 g/mol. The van der Waals surface area contributed by atoms with Crippen LogP contribution in [0.5, 0.6) is 11.5 Å². The number of aliphatic hydroxyl groups is 2. The van der Waals surface area contributed by atoms with Crippen LogP contribution in [0.3, 0.4) is 0 Å². The number of methoxy groups -OCH3 is 2. The van der Waals surface area contributed by atoms with Crippen molar-refractivity contribution in [2.75, 3.05) is 19.5 Å². The number of benzene rings is 1. The molecule has 10 heteroatoms. The van der Waals surface area contributed by atoms with Crippen LogP contribution in [-0.2, 0) is 11.3 Å². The molecule has 170 valence electrons. The number of carbonyl (C=O) groups is 1. The number of hydrogen-bond donors (Lipinski definition) is 4. The normalized spacial score (nSPS) is 26.6. The van der Waals surface area contributed by atoms with Gasteiger partial charge in [-0.05, 0) is 18.1 Å². The number of nitrogens with zero attached hydrogens (tertiary/aromatic N) is 2. The van der Waals surface area contributed by atoms with Gasteiger partial charge in [0.25, 0.3) is 0 Å². The lowest BCUT2D eigenvalue weighted by Gasteiger charge is -2.37. The Morgan fingerprint density at radius 3 is 2.62 bits per heavy atom. The van der Waals surface area contributed by atoms with Gasteiger partial charge in [0.1, 0.15) is 17.6 Å². The van der Waals surface area contributed by atoms with E-state index in [0.29, 0.717) is 28.9 Å². The second-order valence-electron chi connectivity index (χ2n) is 7.71. The molecule has 1 aliphatic carbocycles. The number of hydrogen-bond acceptors (Lipinski definition) is 9. The topological polar surface area (TPSA) is 125 Å². The first kappa shape index (κ1) is 22.4. The highest BCUT2D eigenvalue weighted by Gasteiger charge is 2.50. The number of rotatable bonds is 6. The van der Waals surface area contributed by atoms with Gasteiger partial charge in [0, 0.05) is 48.1 Å². The Morgan fingerprint density at radius 2 is 1.97 bits per heavy atom. The molecule has 1 fully saturated rings. The Labute approximate surface area is 190 Å². The van der Waals surface area contributed by atoms with Crippen LogP contribution in [-0.4, -0.2) is 64.0 Å². The summed E-state index contributed by atoms with van der Waals surface area (Å²) >= 11 is 1.39. The summed E-state index contributed by atoms with van der Waals surface area (Å²) < 4.78 is 10.6. The average molecular weight is 459 g/mol. The summed E-state index contributed by atoms with van der Waals surface area (Å²) in [5, 5.41) is 27.3.